The molecule has 0 spiro atoms. The first-order valence-corrected chi connectivity index (χ1v) is 9.89. The predicted molar refractivity (Wildman–Crippen MR) is 90.4 cm³/mol. The Morgan fingerprint density at radius 2 is 1.90 bits per heavy atom. The van der Waals surface area contributed by atoms with Crippen molar-refractivity contribution in [2.75, 3.05) is 0 Å². The maximum absolute atomic E-state index is 10.1. The third-order valence-corrected chi connectivity index (χ3v) is 8.72. The van der Waals surface area contributed by atoms with Crippen molar-refractivity contribution >= 4 is 15.9 Å². The van der Waals surface area contributed by atoms with Gasteiger partial charge in [-0.3, -0.25) is 0 Å². The van der Waals surface area contributed by atoms with E-state index in [0.29, 0.717) is 15.7 Å². The summed E-state index contributed by atoms with van der Waals surface area (Å²) in [4.78, 5) is 0.540. The largest absolute Gasteiger partial charge is 0.393 e. The molecule has 21 heavy (non-hydrogen) atoms. The molecule has 0 aromatic rings. The second-order valence-electron chi connectivity index (χ2n) is 8.83. The van der Waals surface area contributed by atoms with Gasteiger partial charge in [-0.25, -0.2) is 0 Å². The molecule has 3 fully saturated rings. The van der Waals surface area contributed by atoms with Crippen LogP contribution in [-0.2, 0) is 0 Å². The molecule has 4 unspecified atom stereocenters. The second kappa shape index (κ2) is 4.84. The standard InChI is InChI=1S/C19H29BrO/c1-18-7-3-4-14(18)17-15(6-8-18)19(2)9-5-13(21)10-12(19)11-16(17)20/h11,13-17,21H,3-10H2,1-2H3/t13-,14?,15?,16?,17?,18-,19-/m0/s1. The highest BCUT2D eigenvalue weighted by atomic mass is 79.9. The van der Waals surface area contributed by atoms with Crippen LogP contribution < -0.4 is 0 Å². The highest BCUT2D eigenvalue weighted by Gasteiger charge is 2.57. The first kappa shape index (κ1) is 14.8. The molecule has 0 heterocycles. The molecule has 0 bridgehead atoms. The van der Waals surface area contributed by atoms with Crippen LogP contribution >= 0.6 is 15.9 Å². The topological polar surface area (TPSA) is 20.2 Å². The van der Waals surface area contributed by atoms with Gasteiger partial charge < -0.3 is 5.11 Å². The minimum atomic E-state index is -0.0964. The minimum absolute atomic E-state index is 0.0964. The van der Waals surface area contributed by atoms with Crippen LogP contribution in [0.15, 0.2) is 11.6 Å². The fourth-order valence-corrected chi connectivity index (χ4v) is 7.63. The van der Waals surface area contributed by atoms with Crippen molar-refractivity contribution in [3.05, 3.63) is 11.6 Å². The molecular formula is C19H29BrO. The Bertz CT molecular complexity index is 472. The predicted octanol–water partition coefficient (Wildman–Crippen LogP) is 5.07. The Morgan fingerprint density at radius 3 is 2.71 bits per heavy atom. The van der Waals surface area contributed by atoms with Crippen molar-refractivity contribution in [1.82, 2.24) is 0 Å². The van der Waals surface area contributed by atoms with E-state index in [9.17, 15) is 5.11 Å². The summed E-state index contributed by atoms with van der Waals surface area (Å²) in [5.41, 5.74) is 2.55. The van der Waals surface area contributed by atoms with Crippen molar-refractivity contribution in [3.63, 3.8) is 0 Å². The smallest absolute Gasteiger partial charge is 0.0577 e. The van der Waals surface area contributed by atoms with Gasteiger partial charge in [0.2, 0.25) is 0 Å². The van der Waals surface area contributed by atoms with Gasteiger partial charge in [0.1, 0.15) is 0 Å². The van der Waals surface area contributed by atoms with E-state index in [0.717, 1.165) is 30.6 Å². The van der Waals surface area contributed by atoms with Gasteiger partial charge in [-0.2, -0.15) is 0 Å². The monoisotopic (exact) mass is 352 g/mol. The number of aliphatic hydroxyl groups is 1. The third kappa shape index (κ3) is 2.04. The number of aliphatic hydroxyl groups excluding tert-OH is 1. The average molecular weight is 353 g/mol. The molecule has 4 aliphatic carbocycles. The fraction of sp³-hybridized carbons (Fsp3) is 0.895. The number of allylic oxidation sites excluding steroid dienone is 1. The molecule has 0 amide bonds. The molecule has 118 valence electrons. The van der Waals surface area contributed by atoms with Gasteiger partial charge in [0.15, 0.2) is 0 Å². The summed E-state index contributed by atoms with van der Waals surface area (Å²) in [6, 6.07) is 0. The molecule has 0 radical (unpaired) electrons. The van der Waals surface area contributed by atoms with E-state index in [4.69, 9.17) is 0 Å². The molecule has 3 saturated carbocycles. The van der Waals surface area contributed by atoms with Gasteiger partial charge in [0.05, 0.1) is 6.10 Å². The number of hydrogen-bond acceptors (Lipinski definition) is 1. The van der Waals surface area contributed by atoms with Crippen LogP contribution in [0.1, 0.15) is 65.2 Å². The quantitative estimate of drug-likeness (QED) is 0.476. The Balaban J connectivity index is 1.73. The zero-order chi connectivity index (χ0) is 14.8. The lowest BCUT2D eigenvalue weighted by Gasteiger charge is -2.58. The van der Waals surface area contributed by atoms with E-state index >= 15 is 0 Å². The highest BCUT2D eigenvalue weighted by Crippen LogP contribution is 2.65. The molecule has 7 atom stereocenters. The van der Waals surface area contributed by atoms with E-state index in [-0.39, 0.29) is 6.10 Å². The van der Waals surface area contributed by atoms with Gasteiger partial charge in [0.25, 0.3) is 0 Å². The zero-order valence-corrected chi connectivity index (χ0v) is 15.0. The van der Waals surface area contributed by atoms with Crippen LogP contribution in [-0.4, -0.2) is 16.0 Å². The SMILES string of the molecule is C[C@@]12CCCC1C1C(Br)C=C3C[C@@H](O)CC[C@]3(C)C1CC2. The number of halogens is 1. The number of rotatable bonds is 0. The van der Waals surface area contributed by atoms with Crippen molar-refractivity contribution in [3.8, 4) is 0 Å². The van der Waals surface area contributed by atoms with Crippen molar-refractivity contribution in [2.45, 2.75) is 76.1 Å². The Morgan fingerprint density at radius 1 is 1.10 bits per heavy atom. The maximum Gasteiger partial charge on any atom is 0.0577 e. The summed E-state index contributed by atoms with van der Waals surface area (Å²) < 4.78 is 0. The molecule has 0 aromatic heterocycles. The molecule has 2 heteroatoms. The van der Waals surface area contributed by atoms with Crippen LogP contribution in [0.2, 0.25) is 0 Å². The van der Waals surface area contributed by atoms with Gasteiger partial charge >= 0.3 is 0 Å². The van der Waals surface area contributed by atoms with E-state index in [2.05, 4.69) is 35.9 Å². The number of alkyl halides is 1. The van der Waals surface area contributed by atoms with E-state index < -0.39 is 0 Å². The lowest BCUT2D eigenvalue weighted by molar-refractivity contribution is -0.0327. The maximum atomic E-state index is 10.1. The van der Waals surface area contributed by atoms with Crippen molar-refractivity contribution < 1.29 is 5.11 Å². The average Bonchev–Trinajstić information content (AvgIpc) is 2.82. The third-order valence-electron chi connectivity index (χ3n) is 7.85. The van der Waals surface area contributed by atoms with Crippen LogP contribution in [0.3, 0.4) is 0 Å². The molecule has 4 aliphatic rings. The van der Waals surface area contributed by atoms with Crippen molar-refractivity contribution in [2.24, 2.45) is 28.6 Å². The van der Waals surface area contributed by atoms with Crippen LogP contribution in [0.5, 0.6) is 0 Å². The molecule has 1 nitrogen and oxygen atoms in total. The van der Waals surface area contributed by atoms with Crippen molar-refractivity contribution in [1.29, 1.82) is 0 Å². The molecule has 4 rings (SSSR count). The van der Waals surface area contributed by atoms with E-state index in [1.54, 1.807) is 5.57 Å². The van der Waals surface area contributed by atoms with E-state index in [1.807, 2.05) is 0 Å². The summed E-state index contributed by atoms with van der Waals surface area (Å²) in [5, 5.41) is 10.1. The summed E-state index contributed by atoms with van der Waals surface area (Å²) in [6.45, 7) is 5.08. The Kier molecular flexibility index (Phi) is 3.40. The normalized spacial score (nSPS) is 56.2. The van der Waals surface area contributed by atoms with Crippen LogP contribution in [0.25, 0.3) is 0 Å². The lowest BCUT2D eigenvalue weighted by Crippen LogP contribution is -2.52. The number of hydrogen-bond donors (Lipinski definition) is 1. The minimum Gasteiger partial charge on any atom is -0.393 e. The van der Waals surface area contributed by atoms with Gasteiger partial charge in [-0.15, -0.1) is 0 Å². The fourth-order valence-electron chi connectivity index (χ4n) is 6.57. The van der Waals surface area contributed by atoms with Gasteiger partial charge in [-0.1, -0.05) is 47.8 Å². The van der Waals surface area contributed by atoms with Gasteiger partial charge in [-0.05, 0) is 73.5 Å². The van der Waals surface area contributed by atoms with E-state index in [1.165, 1.54) is 38.5 Å². The van der Waals surface area contributed by atoms with Gasteiger partial charge in [0, 0.05) is 4.83 Å². The zero-order valence-electron chi connectivity index (χ0n) is 13.4. The molecule has 1 N–H and O–H groups in total. The molecule has 0 saturated heterocycles. The Hall–Kier alpha value is 0.180. The number of fused-ring (bicyclic) bond motifs is 5. The summed E-state index contributed by atoms with van der Waals surface area (Å²) in [6.07, 6.45) is 12.7. The first-order chi connectivity index (χ1) is 9.94. The Labute approximate surface area is 137 Å². The summed E-state index contributed by atoms with van der Waals surface area (Å²) in [5.74, 6) is 2.59. The molecule has 0 aromatic carbocycles. The molecular weight excluding hydrogens is 324 g/mol. The highest BCUT2D eigenvalue weighted by molar-refractivity contribution is 9.09. The molecule has 0 aliphatic heterocycles. The lowest BCUT2D eigenvalue weighted by atomic mass is 9.48. The summed E-state index contributed by atoms with van der Waals surface area (Å²) >= 11 is 4.04. The van der Waals surface area contributed by atoms with Crippen LogP contribution in [0, 0.1) is 28.6 Å². The summed E-state index contributed by atoms with van der Waals surface area (Å²) in [7, 11) is 0. The first-order valence-electron chi connectivity index (χ1n) is 8.97. The van der Waals surface area contributed by atoms with Crippen LogP contribution in [0.4, 0.5) is 0 Å². The second-order valence-corrected chi connectivity index (χ2v) is 9.88.